The summed E-state index contributed by atoms with van der Waals surface area (Å²) in [7, 11) is 0. The molecule has 0 aliphatic heterocycles. The van der Waals surface area contributed by atoms with Gasteiger partial charge in [0.25, 0.3) is 0 Å². The SMILES string of the molecule is CC(=O)C1CCC(n2nnnc2C)CC1. The molecule has 1 fully saturated rings. The average Bonchev–Trinajstić information content (AvgIpc) is 2.65. The number of rotatable bonds is 2. The molecule has 82 valence electrons. The van der Waals surface area contributed by atoms with E-state index in [1.165, 1.54) is 0 Å². The van der Waals surface area contributed by atoms with Gasteiger partial charge in [0, 0.05) is 5.92 Å². The van der Waals surface area contributed by atoms with Crippen LogP contribution in [0.2, 0.25) is 0 Å². The van der Waals surface area contributed by atoms with Crippen LogP contribution in [0.15, 0.2) is 0 Å². The van der Waals surface area contributed by atoms with E-state index >= 15 is 0 Å². The highest BCUT2D eigenvalue weighted by Gasteiger charge is 2.26. The third kappa shape index (κ3) is 2.06. The van der Waals surface area contributed by atoms with E-state index in [0.29, 0.717) is 11.8 Å². The lowest BCUT2D eigenvalue weighted by Gasteiger charge is -2.26. The van der Waals surface area contributed by atoms with Gasteiger partial charge in [-0.05, 0) is 50.0 Å². The molecule has 1 aliphatic rings. The molecular weight excluding hydrogens is 192 g/mol. The second kappa shape index (κ2) is 4.08. The smallest absolute Gasteiger partial charge is 0.148 e. The van der Waals surface area contributed by atoms with Crippen molar-refractivity contribution in [1.29, 1.82) is 0 Å². The molecule has 1 aromatic rings. The van der Waals surface area contributed by atoms with Crippen LogP contribution in [0.4, 0.5) is 0 Å². The van der Waals surface area contributed by atoms with E-state index in [4.69, 9.17) is 0 Å². The molecule has 0 bridgehead atoms. The first-order valence-corrected chi connectivity index (χ1v) is 5.43. The summed E-state index contributed by atoms with van der Waals surface area (Å²) in [4.78, 5) is 11.2. The van der Waals surface area contributed by atoms with Gasteiger partial charge in [-0.1, -0.05) is 0 Å². The number of carbonyl (C=O) groups is 1. The largest absolute Gasteiger partial charge is 0.300 e. The molecule has 1 aromatic heterocycles. The van der Waals surface area contributed by atoms with Crippen LogP contribution in [0.25, 0.3) is 0 Å². The van der Waals surface area contributed by atoms with Gasteiger partial charge in [-0.3, -0.25) is 4.79 Å². The lowest BCUT2D eigenvalue weighted by atomic mass is 9.84. The van der Waals surface area contributed by atoms with Gasteiger partial charge in [-0.15, -0.1) is 5.10 Å². The highest BCUT2D eigenvalue weighted by atomic mass is 16.1. The number of hydrogen-bond donors (Lipinski definition) is 0. The summed E-state index contributed by atoms with van der Waals surface area (Å²) < 4.78 is 1.89. The van der Waals surface area contributed by atoms with E-state index in [0.717, 1.165) is 31.5 Å². The molecule has 0 amide bonds. The van der Waals surface area contributed by atoms with E-state index in [1.54, 1.807) is 6.92 Å². The number of hydrogen-bond acceptors (Lipinski definition) is 4. The average molecular weight is 208 g/mol. The predicted molar refractivity (Wildman–Crippen MR) is 54.2 cm³/mol. The number of Topliss-reactive ketones (excluding diaryl/α,β-unsaturated/α-hetero) is 1. The second-order valence-corrected chi connectivity index (χ2v) is 4.29. The zero-order valence-electron chi connectivity index (χ0n) is 9.18. The third-order valence-electron chi connectivity index (χ3n) is 3.27. The second-order valence-electron chi connectivity index (χ2n) is 4.29. The van der Waals surface area contributed by atoms with Gasteiger partial charge in [0.2, 0.25) is 0 Å². The summed E-state index contributed by atoms with van der Waals surface area (Å²) in [5.41, 5.74) is 0. The van der Waals surface area contributed by atoms with Crippen LogP contribution in [-0.4, -0.2) is 26.0 Å². The Morgan fingerprint density at radius 2 is 2.00 bits per heavy atom. The molecule has 1 aliphatic carbocycles. The van der Waals surface area contributed by atoms with Crippen molar-refractivity contribution in [2.24, 2.45) is 5.92 Å². The maximum absolute atomic E-state index is 11.2. The number of nitrogens with zero attached hydrogens (tertiary/aromatic N) is 4. The van der Waals surface area contributed by atoms with E-state index in [-0.39, 0.29) is 5.92 Å². The Hall–Kier alpha value is -1.26. The Balaban J connectivity index is 2.00. The van der Waals surface area contributed by atoms with Crippen molar-refractivity contribution >= 4 is 5.78 Å². The Kier molecular flexibility index (Phi) is 2.79. The van der Waals surface area contributed by atoms with Crippen molar-refractivity contribution < 1.29 is 4.79 Å². The van der Waals surface area contributed by atoms with Crippen molar-refractivity contribution in [3.05, 3.63) is 5.82 Å². The molecular formula is C10H16N4O. The Morgan fingerprint density at radius 3 is 2.47 bits per heavy atom. The first-order valence-electron chi connectivity index (χ1n) is 5.43. The summed E-state index contributed by atoms with van der Waals surface area (Å²) in [5, 5.41) is 11.5. The van der Waals surface area contributed by atoms with Gasteiger partial charge < -0.3 is 0 Å². The van der Waals surface area contributed by atoms with Crippen molar-refractivity contribution in [3.8, 4) is 0 Å². The number of tetrazole rings is 1. The van der Waals surface area contributed by atoms with E-state index in [2.05, 4.69) is 15.5 Å². The minimum absolute atomic E-state index is 0.262. The fraction of sp³-hybridized carbons (Fsp3) is 0.800. The van der Waals surface area contributed by atoms with Crippen LogP contribution >= 0.6 is 0 Å². The molecule has 0 atom stereocenters. The number of aromatic nitrogens is 4. The molecule has 1 saturated carbocycles. The van der Waals surface area contributed by atoms with Crippen LogP contribution in [-0.2, 0) is 4.79 Å². The molecule has 0 aromatic carbocycles. The minimum Gasteiger partial charge on any atom is -0.300 e. The van der Waals surface area contributed by atoms with Crippen molar-refractivity contribution in [2.45, 2.75) is 45.6 Å². The van der Waals surface area contributed by atoms with Crippen LogP contribution in [0.1, 0.15) is 44.5 Å². The molecule has 0 radical (unpaired) electrons. The van der Waals surface area contributed by atoms with Crippen LogP contribution in [0.3, 0.4) is 0 Å². The van der Waals surface area contributed by atoms with Crippen molar-refractivity contribution in [1.82, 2.24) is 20.2 Å². The van der Waals surface area contributed by atoms with Gasteiger partial charge in [-0.25, -0.2) is 4.68 Å². The van der Waals surface area contributed by atoms with Gasteiger partial charge in [0.1, 0.15) is 11.6 Å². The standard InChI is InChI=1S/C10H16N4O/c1-7(15)9-3-5-10(6-4-9)14-8(2)11-12-13-14/h9-10H,3-6H2,1-2H3. The number of aryl methyl sites for hydroxylation is 1. The summed E-state index contributed by atoms with van der Waals surface area (Å²) >= 11 is 0. The van der Waals surface area contributed by atoms with E-state index in [9.17, 15) is 4.79 Å². The molecule has 0 N–H and O–H groups in total. The zero-order valence-corrected chi connectivity index (χ0v) is 9.18. The molecule has 2 rings (SSSR count). The monoisotopic (exact) mass is 208 g/mol. The van der Waals surface area contributed by atoms with Gasteiger partial charge >= 0.3 is 0 Å². The fourth-order valence-electron chi connectivity index (χ4n) is 2.30. The number of ketones is 1. The quantitative estimate of drug-likeness (QED) is 0.735. The number of carbonyl (C=O) groups excluding carboxylic acids is 1. The first kappa shape index (κ1) is 10.3. The zero-order chi connectivity index (χ0) is 10.8. The first-order chi connectivity index (χ1) is 7.18. The summed E-state index contributed by atoms with van der Waals surface area (Å²) in [6.07, 6.45) is 3.96. The highest BCUT2D eigenvalue weighted by Crippen LogP contribution is 2.32. The van der Waals surface area contributed by atoms with Crippen LogP contribution in [0, 0.1) is 12.8 Å². The molecule has 5 heteroatoms. The van der Waals surface area contributed by atoms with Crippen molar-refractivity contribution in [2.75, 3.05) is 0 Å². The van der Waals surface area contributed by atoms with E-state index in [1.807, 2.05) is 11.6 Å². The topological polar surface area (TPSA) is 60.7 Å². The van der Waals surface area contributed by atoms with Gasteiger partial charge in [0.15, 0.2) is 0 Å². The van der Waals surface area contributed by atoms with Crippen molar-refractivity contribution in [3.63, 3.8) is 0 Å². The molecule has 1 heterocycles. The maximum Gasteiger partial charge on any atom is 0.148 e. The lowest BCUT2D eigenvalue weighted by Crippen LogP contribution is -2.23. The molecule has 5 nitrogen and oxygen atoms in total. The Bertz CT molecular complexity index is 352. The van der Waals surface area contributed by atoms with E-state index < -0.39 is 0 Å². The fourth-order valence-corrected chi connectivity index (χ4v) is 2.30. The highest BCUT2D eigenvalue weighted by molar-refractivity contribution is 5.78. The molecule has 15 heavy (non-hydrogen) atoms. The van der Waals surface area contributed by atoms with Crippen LogP contribution in [0.5, 0.6) is 0 Å². The summed E-state index contributed by atoms with van der Waals surface area (Å²) in [6, 6.07) is 0.385. The maximum atomic E-state index is 11.2. The molecule has 0 spiro atoms. The molecule has 0 unspecified atom stereocenters. The third-order valence-corrected chi connectivity index (χ3v) is 3.27. The normalized spacial score (nSPS) is 26.5. The lowest BCUT2D eigenvalue weighted by molar-refractivity contribution is -0.121. The Morgan fingerprint density at radius 1 is 1.33 bits per heavy atom. The minimum atomic E-state index is 0.262. The Labute approximate surface area is 88.9 Å². The van der Waals surface area contributed by atoms with Crippen LogP contribution < -0.4 is 0 Å². The molecule has 0 saturated heterocycles. The summed E-state index contributed by atoms with van der Waals surface area (Å²) in [5.74, 6) is 1.45. The van der Waals surface area contributed by atoms with Gasteiger partial charge in [0.05, 0.1) is 6.04 Å². The predicted octanol–water partition coefficient (Wildman–Crippen LogP) is 1.30. The van der Waals surface area contributed by atoms with Gasteiger partial charge in [-0.2, -0.15) is 0 Å². The summed E-state index contributed by atoms with van der Waals surface area (Å²) in [6.45, 7) is 3.60.